The Kier molecular flexibility index (Phi) is 5.18. The first-order valence-corrected chi connectivity index (χ1v) is 7.80. The smallest absolute Gasteiger partial charge is 0.0537 e. The molecule has 1 N–H and O–H groups in total. The Balaban J connectivity index is 2.27. The molecule has 0 saturated carbocycles. The monoisotopic (exact) mass is 285 g/mol. The second-order valence-corrected chi connectivity index (χ2v) is 6.04. The van der Waals surface area contributed by atoms with Gasteiger partial charge in [-0.3, -0.25) is 4.68 Å². The Morgan fingerprint density at radius 3 is 2.38 bits per heavy atom. The molecule has 1 heterocycles. The number of hydrogen-bond donors (Lipinski definition) is 1. The Labute approximate surface area is 128 Å². The van der Waals surface area contributed by atoms with Gasteiger partial charge in [0.1, 0.15) is 0 Å². The van der Waals surface area contributed by atoms with Crippen LogP contribution in [0.15, 0.2) is 24.5 Å². The van der Waals surface area contributed by atoms with Crippen molar-refractivity contribution < 1.29 is 0 Å². The summed E-state index contributed by atoms with van der Waals surface area (Å²) in [6.07, 6.45) is 6.25. The lowest BCUT2D eigenvalue weighted by atomic mass is 9.92. The highest BCUT2D eigenvalue weighted by Crippen LogP contribution is 2.24. The third-order valence-corrected chi connectivity index (χ3v) is 4.02. The molecule has 0 aliphatic rings. The van der Waals surface area contributed by atoms with Gasteiger partial charge in [-0.1, -0.05) is 24.6 Å². The Morgan fingerprint density at radius 1 is 1.19 bits per heavy atom. The highest BCUT2D eigenvalue weighted by molar-refractivity contribution is 5.38. The Morgan fingerprint density at radius 2 is 1.86 bits per heavy atom. The molecule has 3 nitrogen and oxygen atoms in total. The van der Waals surface area contributed by atoms with Crippen molar-refractivity contribution in [2.45, 2.75) is 46.6 Å². The van der Waals surface area contributed by atoms with Crippen LogP contribution >= 0.6 is 0 Å². The largest absolute Gasteiger partial charge is 0.310 e. The van der Waals surface area contributed by atoms with Gasteiger partial charge in [-0.25, -0.2) is 0 Å². The van der Waals surface area contributed by atoms with E-state index in [1.165, 1.54) is 27.8 Å². The third kappa shape index (κ3) is 3.94. The first-order valence-electron chi connectivity index (χ1n) is 7.80. The van der Waals surface area contributed by atoms with Gasteiger partial charge in [-0.2, -0.15) is 5.10 Å². The van der Waals surface area contributed by atoms with E-state index in [1.54, 1.807) is 0 Å². The van der Waals surface area contributed by atoms with E-state index < -0.39 is 0 Å². The second-order valence-electron chi connectivity index (χ2n) is 6.04. The molecule has 3 heteroatoms. The summed E-state index contributed by atoms with van der Waals surface area (Å²) in [5.41, 5.74) is 6.84. The van der Waals surface area contributed by atoms with Crippen molar-refractivity contribution in [1.29, 1.82) is 0 Å². The minimum atomic E-state index is 0.332. The molecule has 0 aliphatic carbocycles. The lowest BCUT2D eigenvalue weighted by Gasteiger charge is -2.20. The van der Waals surface area contributed by atoms with Gasteiger partial charge in [0.15, 0.2) is 0 Å². The molecule has 0 aliphatic heterocycles. The molecule has 21 heavy (non-hydrogen) atoms. The first kappa shape index (κ1) is 15.8. The molecule has 0 spiro atoms. The molecule has 0 fully saturated rings. The topological polar surface area (TPSA) is 29.9 Å². The number of aryl methyl sites for hydroxylation is 4. The van der Waals surface area contributed by atoms with Crippen molar-refractivity contribution in [2.24, 2.45) is 7.05 Å². The molecule has 1 unspecified atom stereocenters. The van der Waals surface area contributed by atoms with Gasteiger partial charge in [0.05, 0.1) is 6.20 Å². The lowest BCUT2D eigenvalue weighted by Crippen LogP contribution is -2.24. The standard InChI is InChI=1S/C18H27N3/c1-6-7-19-18(16-11-20-21(5)12-16)10-17-14(3)8-13(2)9-15(17)4/h8-9,11-12,18-19H,6-7,10H2,1-5H3. The fraction of sp³-hybridized carbons (Fsp3) is 0.500. The Bertz CT molecular complexity index is 575. The SMILES string of the molecule is CCCNC(Cc1c(C)cc(C)cc1C)c1cnn(C)c1. The molecule has 0 saturated heterocycles. The summed E-state index contributed by atoms with van der Waals surface area (Å²) >= 11 is 0. The first-order chi connectivity index (χ1) is 10.0. The van der Waals surface area contributed by atoms with Gasteiger partial charge in [-0.15, -0.1) is 0 Å². The van der Waals surface area contributed by atoms with Crippen LogP contribution in [-0.4, -0.2) is 16.3 Å². The van der Waals surface area contributed by atoms with E-state index in [2.05, 4.69) is 56.4 Å². The van der Waals surface area contributed by atoms with Gasteiger partial charge in [0.2, 0.25) is 0 Å². The number of nitrogens with zero attached hydrogens (tertiary/aromatic N) is 2. The van der Waals surface area contributed by atoms with Crippen molar-refractivity contribution >= 4 is 0 Å². The normalized spacial score (nSPS) is 12.6. The zero-order chi connectivity index (χ0) is 15.4. The van der Waals surface area contributed by atoms with Crippen LogP contribution in [0.3, 0.4) is 0 Å². The van der Waals surface area contributed by atoms with Crippen LogP contribution < -0.4 is 5.32 Å². The fourth-order valence-electron chi connectivity index (χ4n) is 2.98. The summed E-state index contributed by atoms with van der Waals surface area (Å²) in [4.78, 5) is 0. The maximum atomic E-state index is 4.32. The van der Waals surface area contributed by atoms with Crippen LogP contribution in [-0.2, 0) is 13.5 Å². The summed E-state index contributed by atoms with van der Waals surface area (Å²) in [7, 11) is 1.97. The second kappa shape index (κ2) is 6.90. The maximum absolute atomic E-state index is 4.32. The molecule has 1 aromatic heterocycles. The van der Waals surface area contributed by atoms with Crippen molar-refractivity contribution in [1.82, 2.24) is 15.1 Å². The number of nitrogens with one attached hydrogen (secondary N) is 1. The molecular weight excluding hydrogens is 258 g/mol. The zero-order valence-corrected chi connectivity index (χ0v) is 13.9. The van der Waals surface area contributed by atoms with Crippen molar-refractivity contribution in [2.75, 3.05) is 6.54 Å². The quantitative estimate of drug-likeness (QED) is 0.878. The van der Waals surface area contributed by atoms with Crippen molar-refractivity contribution in [3.05, 3.63) is 52.3 Å². The van der Waals surface area contributed by atoms with E-state index in [4.69, 9.17) is 0 Å². The van der Waals surface area contributed by atoms with Crippen LogP contribution in [0.5, 0.6) is 0 Å². The van der Waals surface area contributed by atoms with Crippen LogP contribution in [0.4, 0.5) is 0 Å². The van der Waals surface area contributed by atoms with Gasteiger partial charge >= 0.3 is 0 Å². The molecule has 2 aromatic rings. The highest BCUT2D eigenvalue weighted by Gasteiger charge is 2.16. The molecule has 0 radical (unpaired) electrons. The van der Waals surface area contributed by atoms with Crippen LogP contribution in [0.25, 0.3) is 0 Å². The maximum Gasteiger partial charge on any atom is 0.0537 e. The molecule has 1 aromatic carbocycles. The molecular formula is C18H27N3. The predicted molar refractivity (Wildman–Crippen MR) is 88.6 cm³/mol. The Hall–Kier alpha value is -1.61. The average molecular weight is 285 g/mol. The highest BCUT2D eigenvalue weighted by atomic mass is 15.2. The minimum Gasteiger partial charge on any atom is -0.310 e. The summed E-state index contributed by atoms with van der Waals surface area (Å²) in [6, 6.07) is 4.89. The van der Waals surface area contributed by atoms with E-state index >= 15 is 0 Å². The number of rotatable bonds is 6. The van der Waals surface area contributed by atoms with Crippen LogP contribution in [0.2, 0.25) is 0 Å². The summed E-state index contributed by atoms with van der Waals surface area (Å²) in [6.45, 7) is 9.84. The summed E-state index contributed by atoms with van der Waals surface area (Å²) in [5.74, 6) is 0. The average Bonchev–Trinajstić information content (AvgIpc) is 2.83. The predicted octanol–water partition coefficient (Wildman–Crippen LogP) is 3.63. The summed E-state index contributed by atoms with van der Waals surface area (Å²) < 4.78 is 1.88. The molecule has 114 valence electrons. The van der Waals surface area contributed by atoms with E-state index in [0.717, 1.165) is 19.4 Å². The van der Waals surface area contributed by atoms with Crippen LogP contribution in [0.1, 0.15) is 47.2 Å². The lowest BCUT2D eigenvalue weighted by molar-refractivity contribution is 0.527. The summed E-state index contributed by atoms with van der Waals surface area (Å²) in [5, 5.41) is 7.99. The van der Waals surface area contributed by atoms with E-state index in [9.17, 15) is 0 Å². The van der Waals surface area contributed by atoms with Gasteiger partial charge < -0.3 is 5.32 Å². The molecule has 0 amide bonds. The van der Waals surface area contributed by atoms with Crippen molar-refractivity contribution in [3.63, 3.8) is 0 Å². The molecule has 1 atom stereocenters. The third-order valence-electron chi connectivity index (χ3n) is 4.02. The zero-order valence-electron chi connectivity index (χ0n) is 13.9. The van der Waals surface area contributed by atoms with Gasteiger partial charge in [0.25, 0.3) is 0 Å². The van der Waals surface area contributed by atoms with E-state index in [-0.39, 0.29) is 0 Å². The van der Waals surface area contributed by atoms with Gasteiger partial charge in [-0.05, 0) is 56.8 Å². The molecule has 0 bridgehead atoms. The number of benzene rings is 1. The number of aromatic nitrogens is 2. The van der Waals surface area contributed by atoms with E-state index in [1.807, 2.05) is 17.9 Å². The van der Waals surface area contributed by atoms with Crippen LogP contribution in [0, 0.1) is 20.8 Å². The number of hydrogen-bond acceptors (Lipinski definition) is 2. The van der Waals surface area contributed by atoms with Crippen molar-refractivity contribution in [3.8, 4) is 0 Å². The minimum absolute atomic E-state index is 0.332. The van der Waals surface area contributed by atoms with Gasteiger partial charge in [0, 0.05) is 24.8 Å². The fourth-order valence-corrected chi connectivity index (χ4v) is 2.98. The van der Waals surface area contributed by atoms with E-state index in [0.29, 0.717) is 6.04 Å². The molecule has 2 rings (SSSR count).